The lowest BCUT2D eigenvalue weighted by molar-refractivity contribution is -0.134. The molecule has 1 amide bonds. The highest BCUT2D eigenvalue weighted by Crippen LogP contribution is 2.14. The average molecular weight is 173 g/mol. The third-order valence-corrected chi connectivity index (χ3v) is 2.16. The van der Waals surface area contributed by atoms with E-state index in [4.69, 9.17) is 9.84 Å². The van der Waals surface area contributed by atoms with Gasteiger partial charge in [0.2, 0.25) is 5.91 Å². The first-order chi connectivity index (χ1) is 5.77. The molecule has 0 bridgehead atoms. The lowest BCUT2D eigenvalue weighted by atomic mass is 10.1. The smallest absolute Gasteiger partial charge is 0.248 e. The molecule has 70 valence electrons. The van der Waals surface area contributed by atoms with Crippen LogP contribution in [0.1, 0.15) is 6.42 Å². The molecule has 12 heavy (non-hydrogen) atoms. The Bertz CT molecular complexity index is 160. The van der Waals surface area contributed by atoms with Gasteiger partial charge in [0, 0.05) is 32.7 Å². The lowest BCUT2D eigenvalue weighted by Crippen LogP contribution is -2.31. The number of carbonyl (C=O) groups is 1. The largest absolute Gasteiger partial charge is 0.396 e. The molecule has 0 aromatic carbocycles. The van der Waals surface area contributed by atoms with Gasteiger partial charge >= 0.3 is 0 Å². The minimum absolute atomic E-state index is 0.0217. The standard InChI is InChI=1S/C8H15NO3/c1-12-6-8(11)9-3-2-7(4-9)5-10/h7,10H,2-6H2,1H3/t7-/m0/s1. The topological polar surface area (TPSA) is 49.8 Å². The van der Waals surface area contributed by atoms with Gasteiger partial charge in [-0.05, 0) is 6.42 Å². The van der Waals surface area contributed by atoms with E-state index in [0.29, 0.717) is 6.54 Å². The Hall–Kier alpha value is -0.610. The molecule has 1 rings (SSSR count). The zero-order valence-electron chi connectivity index (χ0n) is 7.32. The molecule has 1 aliphatic heterocycles. The van der Waals surface area contributed by atoms with Gasteiger partial charge in [-0.15, -0.1) is 0 Å². The predicted molar refractivity (Wildman–Crippen MR) is 43.6 cm³/mol. The molecule has 1 saturated heterocycles. The molecule has 1 atom stereocenters. The van der Waals surface area contributed by atoms with Crippen molar-refractivity contribution < 1.29 is 14.6 Å². The maximum Gasteiger partial charge on any atom is 0.248 e. The number of carbonyl (C=O) groups excluding carboxylic acids is 1. The molecule has 0 radical (unpaired) electrons. The van der Waals surface area contributed by atoms with E-state index in [1.165, 1.54) is 7.11 Å². The summed E-state index contributed by atoms with van der Waals surface area (Å²) in [5, 5.41) is 8.83. The van der Waals surface area contributed by atoms with E-state index < -0.39 is 0 Å². The Labute approximate surface area is 72.1 Å². The zero-order chi connectivity index (χ0) is 8.97. The minimum atomic E-state index is 0.0217. The summed E-state index contributed by atoms with van der Waals surface area (Å²) < 4.78 is 4.73. The van der Waals surface area contributed by atoms with E-state index in [2.05, 4.69) is 0 Å². The van der Waals surface area contributed by atoms with Crippen molar-refractivity contribution in [2.45, 2.75) is 6.42 Å². The van der Waals surface area contributed by atoms with E-state index in [-0.39, 0.29) is 25.0 Å². The van der Waals surface area contributed by atoms with Gasteiger partial charge in [-0.3, -0.25) is 4.79 Å². The first-order valence-electron chi connectivity index (χ1n) is 4.15. The number of ether oxygens (including phenoxy) is 1. The summed E-state index contributed by atoms with van der Waals surface area (Å²) in [7, 11) is 1.51. The number of methoxy groups -OCH3 is 1. The molecule has 1 heterocycles. The summed E-state index contributed by atoms with van der Waals surface area (Å²) in [6.07, 6.45) is 0.909. The summed E-state index contributed by atoms with van der Waals surface area (Å²) in [6, 6.07) is 0. The average Bonchev–Trinajstić information content (AvgIpc) is 2.52. The Balaban J connectivity index is 2.31. The summed E-state index contributed by atoms with van der Waals surface area (Å²) in [5.41, 5.74) is 0. The van der Waals surface area contributed by atoms with E-state index in [1.54, 1.807) is 4.90 Å². The fourth-order valence-electron chi connectivity index (χ4n) is 1.42. The summed E-state index contributed by atoms with van der Waals surface area (Å²) in [6.45, 7) is 1.76. The third-order valence-electron chi connectivity index (χ3n) is 2.16. The first-order valence-corrected chi connectivity index (χ1v) is 4.15. The van der Waals surface area contributed by atoms with Crippen LogP contribution in [0.4, 0.5) is 0 Å². The molecule has 0 aliphatic carbocycles. The quantitative estimate of drug-likeness (QED) is 0.624. The van der Waals surface area contributed by atoms with Crippen LogP contribution in [-0.4, -0.2) is 49.3 Å². The maximum absolute atomic E-state index is 11.2. The molecule has 0 unspecified atom stereocenters. The SMILES string of the molecule is COCC(=O)N1CC[C@H](CO)C1. The molecule has 1 N–H and O–H groups in total. The molecule has 4 heteroatoms. The van der Waals surface area contributed by atoms with Crippen molar-refractivity contribution in [1.82, 2.24) is 4.90 Å². The number of hydrogen-bond acceptors (Lipinski definition) is 3. The second-order valence-corrected chi connectivity index (χ2v) is 3.11. The van der Waals surface area contributed by atoms with Crippen LogP contribution < -0.4 is 0 Å². The van der Waals surface area contributed by atoms with Crippen molar-refractivity contribution in [2.75, 3.05) is 33.4 Å². The van der Waals surface area contributed by atoms with Gasteiger partial charge in [-0.1, -0.05) is 0 Å². The van der Waals surface area contributed by atoms with Crippen molar-refractivity contribution in [3.8, 4) is 0 Å². The van der Waals surface area contributed by atoms with Gasteiger partial charge < -0.3 is 14.7 Å². The Kier molecular flexibility index (Phi) is 3.49. The first kappa shape index (κ1) is 9.48. The molecule has 0 spiro atoms. The van der Waals surface area contributed by atoms with E-state index in [1.807, 2.05) is 0 Å². The van der Waals surface area contributed by atoms with E-state index in [9.17, 15) is 4.79 Å². The number of amides is 1. The number of likely N-dealkylation sites (tertiary alicyclic amines) is 1. The van der Waals surface area contributed by atoms with Gasteiger partial charge in [0.25, 0.3) is 0 Å². The third kappa shape index (κ3) is 2.19. The zero-order valence-corrected chi connectivity index (χ0v) is 7.32. The van der Waals surface area contributed by atoms with Crippen LogP contribution in [-0.2, 0) is 9.53 Å². The predicted octanol–water partition coefficient (Wildman–Crippen LogP) is -0.526. The maximum atomic E-state index is 11.2. The number of hydrogen-bond donors (Lipinski definition) is 1. The van der Waals surface area contributed by atoms with Crippen LogP contribution >= 0.6 is 0 Å². The van der Waals surface area contributed by atoms with Crippen molar-refractivity contribution in [3.63, 3.8) is 0 Å². The van der Waals surface area contributed by atoms with Crippen LogP contribution in [0.5, 0.6) is 0 Å². The van der Waals surface area contributed by atoms with Crippen molar-refractivity contribution in [1.29, 1.82) is 0 Å². The minimum Gasteiger partial charge on any atom is -0.396 e. The molecule has 0 aromatic heterocycles. The Morgan fingerprint density at radius 2 is 2.50 bits per heavy atom. The normalized spacial score (nSPS) is 23.2. The van der Waals surface area contributed by atoms with Gasteiger partial charge in [0.1, 0.15) is 6.61 Å². The van der Waals surface area contributed by atoms with E-state index in [0.717, 1.165) is 13.0 Å². The monoisotopic (exact) mass is 173 g/mol. The van der Waals surface area contributed by atoms with Gasteiger partial charge in [-0.25, -0.2) is 0 Å². The molecular weight excluding hydrogens is 158 g/mol. The second kappa shape index (κ2) is 4.42. The van der Waals surface area contributed by atoms with Crippen molar-refractivity contribution >= 4 is 5.91 Å². The number of aliphatic hydroxyl groups is 1. The van der Waals surface area contributed by atoms with Gasteiger partial charge in [0.05, 0.1) is 0 Å². The molecule has 0 aromatic rings. The number of nitrogens with zero attached hydrogens (tertiary/aromatic N) is 1. The van der Waals surface area contributed by atoms with E-state index >= 15 is 0 Å². The molecule has 4 nitrogen and oxygen atoms in total. The summed E-state index contributed by atoms with van der Waals surface area (Å²) in [5.74, 6) is 0.291. The van der Waals surface area contributed by atoms with Crippen LogP contribution in [0.2, 0.25) is 0 Å². The van der Waals surface area contributed by atoms with Crippen LogP contribution in [0.25, 0.3) is 0 Å². The highest BCUT2D eigenvalue weighted by molar-refractivity contribution is 5.77. The van der Waals surface area contributed by atoms with Crippen molar-refractivity contribution in [3.05, 3.63) is 0 Å². The van der Waals surface area contributed by atoms with Crippen LogP contribution in [0.15, 0.2) is 0 Å². The van der Waals surface area contributed by atoms with Gasteiger partial charge in [0.15, 0.2) is 0 Å². The second-order valence-electron chi connectivity index (χ2n) is 3.11. The fourth-order valence-corrected chi connectivity index (χ4v) is 1.42. The van der Waals surface area contributed by atoms with Crippen LogP contribution in [0, 0.1) is 5.92 Å². The molecule has 1 fully saturated rings. The van der Waals surface area contributed by atoms with Gasteiger partial charge in [-0.2, -0.15) is 0 Å². The highest BCUT2D eigenvalue weighted by atomic mass is 16.5. The lowest BCUT2D eigenvalue weighted by Gasteiger charge is -2.14. The Morgan fingerprint density at radius 1 is 1.75 bits per heavy atom. The Morgan fingerprint density at radius 3 is 3.00 bits per heavy atom. The molecule has 0 saturated carbocycles. The summed E-state index contributed by atoms with van der Waals surface area (Å²) in [4.78, 5) is 13.0. The van der Waals surface area contributed by atoms with Crippen molar-refractivity contribution in [2.24, 2.45) is 5.92 Å². The number of rotatable bonds is 3. The number of aliphatic hydroxyl groups excluding tert-OH is 1. The molecule has 1 aliphatic rings. The fraction of sp³-hybridized carbons (Fsp3) is 0.875. The highest BCUT2D eigenvalue weighted by Gasteiger charge is 2.24. The summed E-state index contributed by atoms with van der Waals surface area (Å²) >= 11 is 0. The van der Waals surface area contributed by atoms with Crippen LogP contribution in [0.3, 0.4) is 0 Å². The molecular formula is C8H15NO3.